The molecule has 1 fully saturated rings. The number of nitrogens with zero attached hydrogens (tertiary/aromatic N) is 3. The molecule has 2 atom stereocenters. The summed E-state index contributed by atoms with van der Waals surface area (Å²) in [5, 5.41) is 12.7. The summed E-state index contributed by atoms with van der Waals surface area (Å²) in [6.45, 7) is 12.9. The molecule has 1 N–H and O–H groups in total. The number of hydrogen-bond donors (Lipinski definition) is 1. The van der Waals surface area contributed by atoms with Gasteiger partial charge >= 0.3 is 0 Å². The van der Waals surface area contributed by atoms with Crippen molar-refractivity contribution in [2.75, 3.05) is 33.2 Å². The number of likely N-dealkylation sites (N-methyl/N-ethyl adjacent to an activating group) is 1. The summed E-state index contributed by atoms with van der Waals surface area (Å²) in [5.41, 5.74) is -0.404. The predicted molar refractivity (Wildman–Crippen MR) is 80.1 cm³/mol. The standard InChI is InChI=1S/C15H30N4/c1-6-14-11-19(10-9-18(14)5)8-7-15(4,12-16)17-13(2)3/h13-14,17H,6-11H2,1-5H3. The molecule has 4 nitrogen and oxygen atoms in total. The van der Waals surface area contributed by atoms with Crippen LogP contribution < -0.4 is 5.32 Å². The van der Waals surface area contributed by atoms with Crippen molar-refractivity contribution in [1.82, 2.24) is 15.1 Å². The second-order valence-electron chi connectivity index (χ2n) is 6.34. The molecule has 0 bridgehead atoms. The van der Waals surface area contributed by atoms with E-state index >= 15 is 0 Å². The highest BCUT2D eigenvalue weighted by Gasteiger charge is 2.28. The molecule has 19 heavy (non-hydrogen) atoms. The Balaban J connectivity index is 2.45. The lowest BCUT2D eigenvalue weighted by atomic mass is 9.97. The Morgan fingerprint density at radius 3 is 2.63 bits per heavy atom. The van der Waals surface area contributed by atoms with Crippen molar-refractivity contribution in [3.8, 4) is 6.07 Å². The van der Waals surface area contributed by atoms with Gasteiger partial charge in [-0.2, -0.15) is 5.26 Å². The molecule has 110 valence electrons. The lowest BCUT2D eigenvalue weighted by molar-refractivity contribution is 0.0880. The molecule has 0 aromatic carbocycles. The molecule has 1 heterocycles. The molecule has 1 rings (SSSR count). The molecule has 0 aromatic rings. The molecule has 1 aliphatic rings. The number of rotatable bonds is 6. The fourth-order valence-corrected chi connectivity index (χ4v) is 2.83. The van der Waals surface area contributed by atoms with Crippen molar-refractivity contribution in [2.24, 2.45) is 0 Å². The van der Waals surface area contributed by atoms with E-state index in [2.05, 4.69) is 49.0 Å². The van der Waals surface area contributed by atoms with Gasteiger partial charge in [-0.1, -0.05) is 6.92 Å². The van der Waals surface area contributed by atoms with Crippen LogP contribution in [-0.2, 0) is 0 Å². The van der Waals surface area contributed by atoms with Crippen LogP contribution in [0.25, 0.3) is 0 Å². The van der Waals surface area contributed by atoms with Crippen molar-refractivity contribution in [2.45, 2.75) is 58.2 Å². The van der Waals surface area contributed by atoms with Crippen molar-refractivity contribution in [3.05, 3.63) is 0 Å². The van der Waals surface area contributed by atoms with Crippen LogP contribution >= 0.6 is 0 Å². The average molecular weight is 266 g/mol. The molecular weight excluding hydrogens is 236 g/mol. The van der Waals surface area contributed by atoms with E-state index in [4.69, 9.17) is 0 Å². The summed E-state index contributed by atoms with van der Waals surface area (Å²) in [6.07, 6.45) is 2.09. The maximum absolute atomic E-state index is 9.36. The monoisotopic (exact) mass is 266 g/mol. The third-order valence-corrected chi connectivity index (χ3v) is 4.11. The Bertz CT molecular complexity index is 310. The number of nitrogens with one attached hydrogen (secondary N) is 1. The molecule has 0 aromatic heterocycles. The fraction of sp³-hybridized carbons (Fsp3) is 0.933. The highest BCUT2D eigenvalue weighted by Crippen LogP contribution is 2.15. The van der Waals surface area contributed by atoms with Gasteiger partial charge in [0.1, 0.15) is 5.54 Å². The van der Waals surface area contributed by atoms with Crippen LogP contribution in [0, 0.1) is 11.3 Å². The van der Waals surface area contributed by atoms with Crippen LogP contribution in [0.4, 0.5) is 0 Å². The molecule has 0 radical (unpaired) electrons. The van der Waals surface area contributed by atoms with E-state index in [1.807, 2.05) is 6.92 Å². The molecule has 1 saturated heterocycles. The minimum Gasteiger partial charge on any atom is -0.301 e. The van der Waals surface area contributed by atoms with Crippen LogP contribution in [0.3, 0.4) is 0 Å². The Morgan fingerprint density at radius 1 is 1.42 bits per heavy atom. The van der Waals surface area contributed by atoms with Gasteiger partial charge in [0.25, 0.3) is 0 Å². The van der Waals surface area contributed by atoms with Crippen LogP contribution in [0.15, 0.2) is 0 Å². The van der Waals surface area contributed by atoms with E-state index in [1.165, 1.54) is 6.42 Å². The number of piperazine rings is 1. The molecule has 0 amide bonds. The third-order valence-electron chi connectivity index (χ3n) is 4.11. The zero-order valence-corrected chi connectivity index (χ0v) is 13.2. The van der Waals surface area contributed by atoms with E-state index in [0.29, 0.717) is 12.1 Å². The van der Waals surface area contributed by atoms with E-state index < -0.39 is 5.54 Å². The molecule has 0 aliphatic carbocycles. The second-order valence-corrected chi connectivity index (χ2v) is 6.34. The molecular formula is C15H30N4. The Morgan fingerprint density at radius 2 is 2.11 bits per heavy atom. The van der Waals surface area contributed by atoms with Gasteiger partial charge in [-0.25, -0.2) is 0 Å². The topological polar surface area (TPSA) is 42.3 Å². The lowest BCUT2D eigenvalue weighted by Gasteiger charge is -2.40. The normalized spacial score (nSPS) is 25.2. The summed E-state index contributed by atoms with van der Waals surface area (Å²) in [4.78, 5) is 4.96. The molecule has 1 aliphatic heterocycles. The summed E-state index contributed by atoms with van der Waals surface area (Å²) in [5.74, 6) is 0. The Kier molecular flexibility index (Phi) is 6.25. The maximum atomic E-state index is 9.36. The van der Waals surface area contributed by atoms with E-state index in [-0.39, 0.29) is 0 Å². The van der Waals surface area contributed by atoms with Crippen molar-refractivity contribution in [3.63, 3.8) is 0 Å². The predicted octanol–water partition coefficient (Wildman–Crippen LogP) is 1.68. The van der Waals surface area contributed by atoms with Gasteiger partial charge in [0.05, 0.1) is 6.07 Å². The third kappa shape index (κ3) is 5.10. The largest absolute Gasteiger partial charge is 0.301 e. The van der Waals surface area contributed by atoms with Gasteiger partial charge in [-0.05, 0) is 40.7 Å². The van der Waals surface area contributed by atoms with Gasteiger partial charge in [-0.15, -0.1) is 0 Å². The maximum Gasteiger partial charge on any atom is 0.105 e. The van der Waals surface area contributed by atoms with Gasteiger partial charge in [-0.3, -0.25) is 5.32 Å². The van der Waals surface area contributed by atoms with E-state index in [9.17, 15) is 5.26 Å². The van der Waals surface area contributed by atoms with Gasteiger partial charge < -0.3 is 9.80 Å². The van der Waals surface area contributed by atoms with Crippen molar-refractivity contribution >= 4 is 0 Å². The zero-order valence-electron chi connectivity index (χ0n) is 13.2. The van der Waals surface area contributed by atoms with Crippen molar-refractivity contribution < 1.29 is 0 Å². The van der Waals surface area contributed by atoms with Gasteiger partial charge in [0, 0.05) is 38.3 Å². The minimum atomic E-state index is -0.404. The summed E-state index contributed by atoms with van der Waals surface area (Å²) in [7, 11) is 2.21. The first-order valence-corrected chi connectivity index (χ1v) is 7.51. The van der Waals surface area contributed by atoms with Crippen LogP contribution in [0.2, 0.25) is 0 Å². The second kappa shape index (κ2) is 7.23. The first kappa shape index (κ1) is 16.4. The lowest BCUT2D eigenvalue weighted by Crippen LogP contribution is -2.53. The minimum absolute atomic E-state index is 0.348. The van der Waals surface area contributed by atoms with Crippen LogP contribution in [0.5, 0.6) is 0 Å². The molecule has 4 heteroatoms. The first-order chi connectivity index (χ1) is 8.90. The van der Waals surface area contributed by atoms with Gasteiger partial charge in [0.2, 0.25) is 0 Å². The summed E-state index contributed by atoms with van der Waals surface area (Å²) in [6, 6.07) is 3.45. The Labute approximate surface area is 118 Å². The first-order valence-electron chi connectivity index (χ1n) is 7.51. The molecule has 0 spiro atoms. The highest BCUT2D eigenvalue weighted by atomic mass is 15.3. The SMILES string of the molecule is CCC1CN(CCC(C)(C#N)NC(C)C)CCN1C. The van der Waals surface area contributed by atoms with Crippen molar-refractivity contribution in [1.29, 1.82) is 5.26 Å². The van der Waals surface area contributed by atoms with E-state index in [1.54, 1.807) is 0 Å². The zero-order chi connectivity index (χ0) is 14.5. The number of hydrogen-bond acceptors (Lipinski definition) is 4. The summed E-state index contributed by atoms with van der Waals surface area (Å²) >= 11 is 0. The highest BCUT2D eigenvalue weighted by molar-refractivity contribution is 5.04. The van der Waals surface area contributed by atoms with E-state index in [0.717, 1.165) is 32.6 Å². The van der Waals surface area contributed by atoms with Gasteiger partial charge in [0.15, 0.2) is 0 Å². The number of nitriles is 1. The molecule has 0 saturated carbocycles. The quantitative estimate of drug-likeness (QED) is 0.794. The van der Waals surface area contributed by atoms with Crippen LogP contribution in [0.1, 0.15) is 40.5 Å². The van der Waals surface area contributed by atoms with Crippen LogP contribution in [-0.4, -0.2) is 60.6 Å². The summed E-state index contributed by atoms with van der Waals surface area (Å²) < 4.78 is 0. The fourth-order valence-electron chi connectivity index (χ4n) is 2.83. The smallest absolute Gasteiger partial charge is 0.105 e. The average Bonchev–Trinajstić information content (AvgIpc) is 2.37. The molecule has 2 unspecified atom stereocenters. The Hall–Kier alpha value is -0.630.